The summed E-state index contributed by atoms with van der Waals surface area (Å²) in [6.45, 7) is 3.42. The number of aliphatic carboxylic acids is 1. The molecule has 0 heterocycles. The average molecular weight is 131 g/mol. The van der Waals surface area contributed by atoms with E-state index in [4.69, 9.17) is 10.2 Å². The molecule has 0 aliphatic heterocycles. The molecule has 0 spiro atoms. The Kier molecular flexibility index (Phi) is 4.05. The van der Waals surface area contributed by atoms with Crippen LogP contribution in [0, 0.1) is 6.92 Å². The minimum atomic E-state index is -0.873. The third kappa shape index (κ3) is 5.30. The van der Waals surface area contributed by atoms with Gasteiger partial charge < -0.3 is 10.2 Å². The molecular formula is C6H11O3. The first-order chi connectivity index (χ1) is 4.16. The molecule has 0 fully saturated rings. The quantitative estimate of drug-likeness (QED) is 0.582. The van der Waals surface area contributed by atoms with E-state index in [1.807, 2.05) is 0 Å². The first-order valence-corrected chi connectivity index (χ1v) is 2.86. The summed E-state index contributed by atoms with van der Waals surface area (Å²) in [5, 5.41) is 16.9. The first-order valence-electron chi connectivity index (χ1n) is 2.86. The molecule has 2 N–H and O–H groups in total. The maximum Gasteiger partial charge on any atom is 0.303 e. The van der Waals surface area contributed by atoms with E-state index in [0.29, 0.717) is 12.8 Å². The van der Waals surface area contributed by atoms with E-state index in [1.165, 1.54) is 0 Å². The van der Waals surface area contributed by atoms with Gasteiger partial charge in [0.25, 0.3) is 0 Å². The van der Waals surface area contributed by atoms with Crippen molar-refractivity contribution in [2.45, 2.75) is 25.4 Å². The van der Waals surface area contributed by atoms with E-state index in [2.05, 4.69) is 6.92 Å². The summed E-state index contributed by atoms with van der Waals surface area (Å²) < 4.78 is 0. The fourth-order valence-corrected chi connectivity index (χ4v) is 0.434. The molecule has 0 aliphatic rings. The molecule has 3 nitrogen and oxygen atoms in total. The zero-order valence-electron chi connectivity index (χ0n) is 5.21. The van der Waals surface area contributed by atoms with E-state index in [1.54, 1.807) is 0 Å². The molecule has 0 amide bonds. The highest BCUT2D eigenvalue weighted by molar-refractivity contribution is 5.66. The predicted molar refractivity (Wildman–Crippen MR) is 32.9 cm³/mol. The summed E-state index contributed by atoms with van der Waals surface area (Å²) >= 11 is 0. The Balaban J connectivity index is 3.16. The molecule has 0 aliphatic carbocycles. The Bertz CT molecular complexity index is 90.3. The normalized spacial score (nSPS) is 13.1. The number of hydrogen-bond acceptors (Lipinski definition) is 2. The van der Waals surface area contributed by atoms with Gasteiger partial charge in [-0.05, 0) is 12.8 Å². The van der Waals surface area contributed by atoms with Crippen molar-refractivity contribution in [3.63, 3.8) is 0 Å². The SMILES string of the molecule is [CH2]CC(O)CCC(=O)O. The van der Waals surface area contributed by atoms with E-state index < -0.39 is 12.1 Å². The van der Waals surface area contributed by atoms with E-state index in [-0.39, 0.29) is 6.42 Å². The van der Waals surface area contributed by atoms with Gasteiger partial charge in [0.15, 0.2) is 0 Å². The third-order valence-corrected chi connectivity index (χ3v) is 1.02. The fourth-order valence-electron chi connectivity index (χ4n) is 0.434. The Hall–Kier alpha value is -0.570. The highest BCUT2D eigenvalue weighted by Crippen LogP contribution is 1.99. The van der Waals surface area contributed by atoms with Crippen molar-refractivity contribution in [3.05, 3.63) is 6.92 Å². The van der Waals surface area contributed by atoms with Crippen molar-refractivity contribution < 1.29 is 15.0 Å². The second-order valence-electron chi connectivity index (χ2n) is 1.87. The molecule has 0 saturated carbocycles. The molecule has 3 heteroatoms. The molecule has 1 radical (unpaired) electrons. The highest BCUT2D eigenvalue weighted by Gasteiger charge is 2.03. The second kappa shape index (κ2) is 4.32. The van der Waals surface area contributed by atoms with Crippen LogP contribution in [0.15, 0.2) is 0 Å². The van der Waals surface area contributed by atoms with Gasteiger partial charge in [0.1, 0.15) is 0 Å². The van der Waals surface area contributed by atoms with Crippen molar-refractivity contribution >= 4 is 5.97 Å². The molecular weight excluding hydrogens is 120 g/mol. The number of carboxylic acid groups (broad SMARTS) is 1. The van der Waals surface area contributed by atoms with Crippen molar-refractivity contribution in [1.82, 2.24) is 0 Å². The average Bonchev–Trinajstić information content (AvgIpc) is 1.83. The predicted octanol–water partition coefficient (Wildman–Crippen LogP) is 0.436. The van der Waals surface area contributed by atoms with Gasteiger partial charge in [-0.2, -0.15) is 0 Å². The zero-order chi connectivity index (χ0) is 7.28. The Morgan fingerprint density at radius 2 is 2.22 bits per heavy atom. The van der Waals surface area contributed by atoms with E-state index >= 15 is 0 Å². The van der Waals surface area contributed by atoms with E-state index in [0.717, 1.165) is 0 Å². The lowest BCUT2D eigenvalue weighted by Crippen LogP contribution is -2.07. The van der Waals surface area contributed by atoms with Crippen LogP contribution in [0.1, 0.15) is 19.3 Å². The molecule has 0 rings (SSSR count). The van der Waals surface area contributed by atoms with Gasteiger partial charge in [-0.3, -0.25) is 4.79 Å². The Labute approximate surface area is 54.3 Å². The van der Waals surface area contributed by atoms with Crippen LogP contribution in [0.25, 0.3) is 0 Å². The van der Waals surface area contributed by atoms with Gasteiger partial charge in [-0.1, -0.05) is 6.92 Å². The number of rotatable bonds is 4. The van der Waals surface area contributed by atoms with Crippen LogP contribution < -0.4 is 0 Å². The lowest BCUT2D eigenvalue weighted by Gasteiger charge is -2.02. The number of aliphatic hydroxyl groups is 1. The Morgan fingerprint density at radius 3 is 2.56 bits per heavy atom. The molecule has 0 aromatic rings. The number of aliphatic hydroxyl groups excluding tert-OH is 1. The highest BCUT2D eigenvalue weighted by atomic mass is 16.4. The van der Waals surface area contributed by atoms with Crippen LogP contribution in [-0.2, 0) is 4.79 Å². The molecule has 0 aromatic carbocycles. The molecule has 1 atom stereocenters. The van der Waals surface area contributed by atoms with E-state index in [9.17, 15) is 4.79 Å². The van der Waals surface area contributed by atoms with Crippen molar-refractivity contribution in [1.29, 1.82) is 0 Å². The first kappa shape index (κ1) is 8.43. The zero-order valence-corrected chi connectivity index (χ0v) is 5.21. The molecule has 0 saturated heterocycles. The van der Waals surface area contributed by atoms with Gasteiger partial charge in [-0.15, -0.1) is 0 Å². The number of carbonyl (C=O) groups is 1. The molecule has 9 heavy (non-hydrogen) atoms. The summed E-state index contributed by atoms with van der Waals surface area (Å²) in [4.78, 5) is 9.89. The lowest BCUT2D eigenvalue weighted by atomic mass is 10.1. The molecule has 1 unspecified atom stereocenters. The van der Waals surface area contributed by atoms with Crippen LogP contribution in [0.5, 0.6) is 0 Å². The topological polar surface area (TPSA) is 57.5 Å². The summed E-state index contributed by atoms with van der Waals surface area (Å²) in [5.74, 6) is -0.873. The smallest absolute Gasteiger partial charge is 0.303 e. The number of hydrogen-bond donors (Lipinski definition) is 2. The fraction of sp³-hybridized carbons (Fsp3) is 0.667. The van der Waals surface area contributed by atoms with Crippen molar-refractivity contribution in [2.75, 3.05) is 0 Å². The monoisotopic (exact) mass is 131 g/mol. The maximum atomic E-state index is 9.89. The molecule has 53 valence electrons. The van der Waals surface area contributed by atoms with Gasteiger partial charge in [-0.25, -0.2) is 0 Å². The van der Waals surface area contributed by atoms with Gasteiger partial charge in [0, 0.05) is 6.42 Å². The summed E-state index contributed by atoms with van der Waals surface area (Å²) in [6, 6.07) is 0. The lowest BCUT2D eigenvalue weighted by molar-refractivity contribution is -0.137. The van der Waals surface area contributed by atoms with Crippen molar-refractivity contribution in [3.8, 4) is 0 Å². The summed E-state index contributed by atoms with van der Waals surface area (Å²) in [6.07, 6.45) is 0.157. The summed E-state index contributed by atoms with van der Waals surface area (Å²) in [7, 11) is 0. The van der Waals surface area contributed by atoms with Crippen LogP contribution in [0.2, 0.25) is 0 Å². The van der Waals surface area contributed by atoms with Gasteiger partial charge in [0.2, 0.25) is 0 Å². The second-order valence-corrected chi connectivity index (χ2v) is 1.87. The van der Waals surface area contributed by atoms with Crippen LogP contribution >= 0.6 is 0 Å². The molecule has 0 bridgehead atoms. The van der Waals surface area contributed by atoms with Crippen LogP contribution in [-0.4, -0.2) is 22.3 Å². The van der Waals surface area contributed by atoms with Crippen LogP contribution in [0.4, 0.5) is 0 Å². The minimum Gasteiger partial charge on any atom is -0.481 e. The summed E-state index contributed by atoms with van der Waals surface area (Å²) in [5.41, 5.74) is 0. The van der Waals surface area contributed by atoms with Gasteiger partial charge >= 0.3 is 5.97 Å². The number of carboxylic acids is 1. The standard InChI is InChI=1S/C6H11O3/c1-2-5(7)3-4-6(8)9/h5,7H,1-4H2,(H,8,9). The van der Waals surface area contributed by atoms with Crippen molar-refractivity contribution in [2.24, 2.45) is 0 Å². The third-order valence-electron chi connectivity index (χ3n) is 1.02. The van der Waals surface area contributed by atoms with Crippen LogP contribution in [0.3, 0.4) is 0 Å². The molecule has 0 aromatic heterocycles. The maximum absolute atomic E-state index is 9.89. The minimum absolute atomic E-state index is 0.0245. The Morgan fingerprint density at radius 1 is 1.67 bits per heavy atom. The largest absolute Gasteiger partial charge is 0.481 e. The van der Waals surface area contributed by atoms with Gasteiger partial charge in [0.05, 0.1) is 6.10 Å².